The van der Waals surface area contributed by atoms with Crippen molar-refractivity contribution in [1.82, 2.24) is 9.97 Å². The maximum absolute atomic E-state index is 5.83. The van der Waals surface area contributed by atoms with Crippen molar-refractivity contribution in [3.63, 3.8) is 0 Å². The lowest BCUT2D eigenvalue weighted by molar-refractivity contribution is 0.510. The number of aromatic nitrogens is 2. The van der Waals surface area contributed by atoms with Gasteiger partial charge in [0.2, 0.25) is 0 Å². The maximum atomic E-state index is 5.83. The lowest BCUT2D eigenvalue weighted by atomic mass is 9.73. The van der Waals surface area contributed by atoms with E-state index >= 15 is 0 Å². The topological polar surface area (TPSA) is 51.8 Å². The summed E-state index contributed by atoms with van der Waals surface area (Å²) < 4.78 is 0. The van der Waals surface area contributed by atoms with Gasteiger partial charge in [-0.2, -0.15) is 0 Å². The Morgan fingerprint density at radius 1 is 1.23 bits per heavy atom. The van der Waals surface area contributed by atoms with E-state index in [0.717, 1.165) is 0 Å². The lowest BCUT2D eigenvalue weighted by Crippen LogP contribution is -2.24. The van der Waals surface area contributed by atoms with E-state index in [-0.39, 0.29) is 0 Å². The van der Waals surface area contributed by atoms with E-state index in [0.29, 0.717) is 22.8 Å². The molecule has 0 bridgehead atoms. The second-order valence-corrected chi connectivity index (χ2v) is 4.25. The Hall–Kier alpha value is -0.770. The molecule has 68 valence electrons. The van der Waals surface area contributed by atoms with Crippen molar-refractivity contribution in [1.29, 1.82) is 0 Å². The molecule has 0 spiro atoms. The Bertz CT molecular complexity index is 377. The van der Waals surface area contributed by atoms with Crippen LogP contribution in [-0.2, 0) is 0 Å². The third-order valence-corrected chi connectivity index (χ3v) is 3.43. The minimum Gasteiger partial charge on any atom is -0.383 e. The molecule has 0 radical (unpaired) electrons. The summed E-state index contributed by atoms with van der Waals surface area (Å²) in [4.78, 5) is 8.41. The van der Waals surface area contributed by atoms with Crippen LogP contribution >= 0.6 is 12.6 Å². The number of rotatable bonds is 0. The largest absolute Gasteiger partial charge is 0.383 e. The van der Waals surface area contributed by atoms with Crippen LogP contribution in [0.3, 0.4) is 0 Å². The van der Waals surface area contributed by atoms with Crippen LogP contribution in [0.2, 0.25) is 0 Å². The summed E-state index contributed by atoms with van der Waals surface area (Å²) in [5, 5.41) is 0.515. The quantitative estimate of drug-likeness (QED) is 0.487. The van der Waals surface area contributed by atoms with E-state index in [9.17, 15) is 0 Å². The van der Waals surface area contributed by atoms with Gasteiger partial charge in [0, 0.05) is 11.5 Å². The van der Waals surface area contributed by atoms with Gasteiger partial charge < -0.3 is 5.73 Å². The van der Waals surface area contributed by atoms with E-state index in [1.54, 1.807) is 0 Å². The molecule has 3 rings (SSSR count). The molecule has 4 heteroatoms. The standard InChI is InChI=1S/C9H11N3S/c10-8-6-4-2-1-3-5(4)7(6)11-9(13)12-8/h4-5H,1-3H2,(H3,10,11,12,13). The minimum atomic E-state index is 0.515. The van der Waals surface area contributed by atoms with Crippen LogP contribution in [0.25, 0.3) is 0 Å². The van der Waals surface area contributed by atoms with Crippen molar-refractivity contribution in [2.24, 2.45) is 0 Å². The molecular formula is C9H11N3S. The molecule has 0 aromatic carbocycles. The van der Waals surface area contributed by atoms with Gasteiger partial charge in [-0.25, -0.2) is 9.97 Å². The van der Waals surface area contributed by atoms with Gasteiger partial charge in [-0.3, -0.25) is 0 Å². The Morgan fingerprint density at radius 2 is 2.00 bits per heavy atom. The predicted molar refractivity (Wildman–Crippen MR) is 53.0 cm³/mol. The number of hydrogen-bond acceptors (Lipinski definition) is 4. The van der Waals surface area contributed by atoms with Crippen LogP contribution in [-0.4, -0.2) is 9.97 Å². The molecule has 2 aliphatic rings. The first-order valence-electron chi connectivity index (χ1n) is 4.63. The van der Waals surface area contributed by atoms with Crippen molar-refractivity contribution >= 4 is 18.4 Å². The Kier molecular flexibility index (Phi) is 1.39. The summed E-state index contributed by atoms with van der Waals surface area (Å²) in [7, 11) is 0. The summed E-state index contributed by atoms with van der Waals surface area (Å²) >= 11 is 4.13. The molecule has 0 saturated heterocycles. The monoisotopic (exact) mass is 193 g/mol. The molecule has 2 unspecified atom stereocenters. The Labute approximate surface area is 82.2 Å². The van der Waals surface area contributed by atoms with E-state index in [4.69, 9.17) is 5.73 Å². The van der Waals surface area contributed by atoms with E-state index in [1.165, 1.54) is 30.5 Å². The fourth-order valence-corrected chi connectivity index (χ4v) is 2.91. The highest BCUT2D eigenvalue weighted by atomic mass is 32.1. The first kappa shape index (κ1) is 7.62. The number of fused-ring (bicyclic) bond motifs is 4. The van der Waals surface area contributed by atoms with Crippen molar-refractivity contribution in [2.45, 2.75) is 36.3 Å². The number of nitrogen functional groups attached to an aromatic ring is 1. The molecule has 2 atom stereocenters. The second kappa shape index (κ2) is 2.38. The number of thiol groups is 1. The summed E-state index contributed by atoms with van der Waals surface area (Å²) in [6, 6.07) is 0. The van der Waals surface area contributed by atoms with Crippen molar-refractivity contribution in [3.05, 3.63) is 11.3 Å². The number of anilines is 1. The van der Waals surface area contributed by atoms with Gasteiger partial charge in [-0.15, -0.1) is 12.6 Å². The van der Waals surface area contributed by atoms with Gasteiger partial charge in [0.05, 0.1) is 5.69 Å². The zero-order chi connectivity index (χ0) is 9.00. The van der Waals surface area contributed by atoms with Gasteiger partial charge in [0.15, 0.2) is 5.16 Å². The fourth-order valence-electron chi connectivity index (χ4n) is 2.69. The van der Waals surface area contributed by atoms with Gasteiger partial charge in [-0.05, 0) is 18.8 Å². The van der Waals surface area contributed by atoms with Gasteiger partial charge in [0.25, 0.3) is 0 Å². The van der Waals surface area contributed by atoms with Crippen LogP contribution < -0.4 is 5.73 Å². The molecule has 1 heterocycles. The highest BCUT2D eigenvalue weighted by Gasteiger charge is 2.44. The molecule has 1 aromatic heterocycles. The molecule has 13 heavy (non-hydrogen) atoms. The van der Waals surface area contributed by atoms with Crippen LogP contribution in [0.4, 0.5) is 5.82 Å². The van der Waals surface area contributed by atoms with Crippen molar-refractivity contribution < 1.29 is 0 Å². The molecular weight excluding hydrogens is 182 g/mol. The fraction of sp³-hybridized carbons (Fsp3) is 0.556. The van der Waals surface area contributed by atoms with Crippen LogP contribution in [0.15, 0.2) is 5.16 Å². The Balaban J connectivity index is 2.17. The highest BCUT2D eigenvalue weighted by molar-refractivity contribution is 7.80. The van der Waals surface area contributed by atoms with Crippen LogP contribution in [0, 0.1) is 0 Å². The second-order valence-electron chi connectivity index (χ2n) is 3.85. The van der Waals surface area contributed by atoms with E-state index < -0.39 is 0 Å². The molecule has 1 saturated carbocycles. The van der Waals surface area contributed by atoms with E-state index in [2.05, 4.69) is 22.6 Å². The molecule has 0 aliphatic heterocycles. The van der Waals surface area contributed by atoms with Crippen LogP contribution in [0.1, 0.15) is 42.4 Å². The number of hydrogen-bond donors (Lipinski definition) is 2. The molecule has 1 fully saturated rings. The maximum Gasteiger partial charge on any atom is 0.186 e. The molecule has 2 aliphatic carbocycles. The third kappa shape index (κ3) is 0.866. The van der Waals surface area contributed by atoms with E-state index in [1.807, 2.05) is 0 Å². The molecule has 0 amide bonds. The molecule has 3 nitrogen and oxygen atoms in total. The summed E-state index contributed by atoms with van der Waals surface area (Å²) in [5.74, 6) is 1.97. The number of nitrogens with zero attached hydrogens (tertiary/aromatic N) is 2. The average Bonchev–Trinajstić information content (AvgIpc) is 2.43. The lowest BCUT2D eigenvalue weighted by Gasteiger charge is -2.33. The summed E-state index contributed by atoms with van der Waals surface area (Å²) in [6.45, 7) is 0. The normalized spacial score (nSPS) is 29.3. The average molecular weight is 193 g/mol. The van der Waals surface area contributed by atoms with Crippen molar-refractivity contribution in [3.8, 4) is 0 Å². The van der Waals surface area contributed by atoms with Gasteiger partial charge in [-0.1, -0.05) is 6.42 Å². The zero-order valence-corrected chi connectivity index (χ0v) is 8.09. The SMILES string of the molecule is Nc1nc(S)nc2c1C1CCCC21. The molecule has 1 aromatic rings. The minimum absolute atomic E-state index is 0.515. The van der Waals surface area contributed by atoms with Crippen molar-refractivity contribution in [2.75, 3.05) is 5.73 Å². The summed E-state index contributed by atoms with van der Waals surface area (Å²) in [5.41, 5.74) is 8.20. The molecule has 2 N–H and O–H groups in total. The van der Waals surface area contributed by atoms with Gasteiger partial charge in [0.1, 0.15) is 5.82 Å². The smallest absolute Gasteiger partial charge is 0.186 e. The predicted octanol–water partition coefficient (Wildman–Crippen LogP) is 1.71. The van der Waals surface area contributed by atoms with Gasteiger partial charge >= 0.3 is 0 Å². The first-order chi connectivity index (χ1) is 6.27. The number of nitrogens with two attached hydrogens (primary N) is 1. The highest BCUT2D eigenvalue weighted by Crippen LogP contribution is 2.57. The Morgan fingerprint density at radius 3 is 2.85 bits per heavy atom. The zero-order valence-electron chi connectivity index (χ0n) is 7.20. The first-order valence-corrected chi connectivity index (χ1v) is 5.08. The summed E-state index contributed by atoms with van der Waals surface area (Å²) in [6.07, 6.45) is 3.82. The van der Waals surface area contributed by atoms with Crippen LogP contribution in [0.5, 0.6) is 0 Å². The third-order valence-electron chi connectivity index (χ3n) is 3.23.